The standard InChI is InChI=1S/C11H15NOS/c1-9-4-2-3-6-12(9)11(13)10-5-7-14-8-10/h5,7-9H,2-4,6H2,1H3. The number of rotatable bonds is 1. The van der Waals surface area contributed by atoms with Crippen LogP contribution in [0.1, 0.15) is 36.5 Å². The highest BCUT2D eigenvalue weighted by Gasteiger charge is 2.23. The number of likely N-dealkylation sites (tertiary alicyclic amines) is 1. The minimum Gasteiger partial charge on any atom is -0.336 e. The summed E-state index contributed by atoms with van der Waals surface area (Å²) in [6.45, 7) is 3.07. The second-order valence-corrected chi connectivity index (χ2v) is 4.64. The van der Waals surface area contributed by atoms with Crippen molar-refractivity contribution in [3.05, 3.63) is 22.4 Å². The zero-order valence-corrected chi connectivity index (χ0v) is 9.22. The summed E-state index contributed by atoms with van der Waals surface area (Å²) < 4.78 is 0. The first-order valence-corrected chi connectivity index (χ1v) is 6.06. The van der Waals surface area contributed by atoms with Crippen LogP contribution in [-0.4, -0.2) is 23.4 Å². The van der Waals surface area contributed by atoms with Gasteiger partial charge < -0.3 is 4.90 Å². The molecule has 2 rings (SSSR count). The van der Waals surface area contributed by atoms with Crippen molar-refractivity contribution in [2.45, 2.75) is 32.2 Å². The second kappa shape index (κ2) is 4.13. The first kappa shape index (κ1) is 9.71. The Kier molecular flexibility index (Phi) is 2.87. The first-order chi connectivity index (χ1) is 6.79. The summed E-state index contributed by atoms with van der Waals surface area (Å²) in [5.41, 5.74) is 0.851. The molecule has 3 heteroatoms. The first-order valence-electron chi connectivity index (χ1n) is 5.12. The lowest BCUT2D eigenvalue weighted by Crippen LogP contribution is -2.41. The fraction of sp³-hybridized carbons (Fsp3) is 0.545. The van der Waals surface area contributed by atoms with Crippen molar-refractivity contribution in [1.82, 2.24) is 4.90 Å². The summed E-state index contributed by atoms with van der Waals surface area (Å²) >= 11 is 1.59. The normalized spacial score (nSPS) is 22.4. The van der Waals surface area contributed by atoms with E-state index in [0.717, 1.165) is 24.9 Å². The van der Waals surface area contributed by atoms with Gasteiger partial charge in [-0.3, -0.25) is 4.79 Å². The zero-order chi connectivity index (χ0) is 9.97. The molecule has 1 saturated heterocycles. The molecule has 0 aliphatic carbocycles. The SMILES string of the molecule is CC1CCCCN1C(=O)c1ccsc1. The highest BCUT2D eigenvalue weighted by Crippen LogP contribution is 2.19. The van der Waals surface area contributed by atoms with Gasteiger partial charge in [-0.1, -0.05) is 0 Å². The average Bonchev–Trinajstić information content (AvgIpc) is 2.70. The maximum atomic E-state index is 12.0. The molecule has 0 spiro atoms. The Morgan fingerprint density at radius 3 is 3.07 bits per heavy atom. The number of amides is 1. The van der Waals surface area contributed by atoms with E-state index in [2.05, 4.69) is 6.92 Å². The van der Waals surface area contributed by atoms with Crippen LogP contribution in [0.3, 0.4) is 0 Å². The van der Waals surface area contributed by atoms with Crippen molar-refractivity contribution in [2.75, 3.05) is 6.54 Å². The quantitative estimate of drug-likeness (QED) is 0.696. The van der Waals surface area contributed by atoms with Crippen molar-refractivity contribution in [1.29, 1.82) is 0 Å². The Bertz CT molecular complexity index is 307. The maximum absolute atomic E-state index is 12.0. The van der Waals surface area contributed by atoms with Crippen molar-refractivity contribution in [2.24, 2.45) is 0 Å². The molecule has 1 aliphatic heterocycles. The van der Waals surface area contributed by atoms with Gasteiger partial charge in [0.2, 0.25) is 0 Å². The van der Waals surface area contributed by atoms with Gasteiger partial charge >= 0.3 is 0 Å². The van der Waals surface area contributed by atoms with Crippen molar-refractivity contribution in [3.8, 4) is 0 Å². The van der Waals surface area contributed by atoms with Crippen LogP contribution in [0.4, 0.5) is 0 Å². The fourth-order valence-corrected chi connectivity index (χ4v) is 2.58. The van der Waals surface area contributed by atoms with Gasteiger partial charge in [0.15, 0.2) is 0 Å². The van der Waals surface area contributed by atoms with Crippen LogP contribution in [-0.2, 0) is 0 Å². The molecule has 1 aromatic rings. The number of nitrogens with zero attached hydrogens (tertiary/aromatic N) is 1. The summed E-state index contributed by atoms with van der Waals surface area (Å²) in [6.07, 6.45) is 3.56. The number of thiophene rings is 1. The molecule has 0 aromatic carbocycles. The van der Waals surface area contributed by atoms with E-state index in [1.807, 2.05) is 21.7 Å². The second-order valence-electron chi connectivity index (χ2n) is 3.86. The van der Waals surface area contributed by atoms with Crippen LogP contribution >= 0.6 is 11.3 Å². The van der Waals surface area contributed by atoms with E-state index in [1.54, 1.807) is 11.3 Å². The highest BCUT2D eigenvalue weighted by molar-refractivity contribution is 7.08. The topological polar surface area (TPSA) is 20.3 Å². The van der Waals surface area contributed by atoms with Gasteiger partial charge in [-0.05, 0) is 37.6 Å². The van der Waals surface area contributed by atoms with Crippen LogP contribution in [0.15, 0.2) is 16.8 Å². The van der Waals surface area contributed by atoms with Crippen LogP contribution in [0.2, 0.25) is 0 Å². The van der Waals surface area contributed by atoms with Gasteiger partial charge in [0, 0.05) is 18.0 Å². The van der Waals surface area contributed by atoms with Crippen LogP contribution in [0, 0.1) is 0 Å². The molecule has 1 fully saturated rings. The monoisotopic (exact) mass is 209 g/mol. The molecule has 1 atom stereocenters. The lowest BCUT2D eigenvalue weighted by molar-refractivity contribution is 0.0636. The van der Waals surface area contributed by atoms with E-state index in [9.17, 15) is 4.79 Å². The van der Waals surface area contributed by atoms with Crippen molar-refractivity contribution in [3.63, 3.8) is 0 Å². The van der Waals surface area contributed by atoms with E-state index < -0.39 is 0 Å². The number of carbonyl (C=O) groups excluding carboxylic acids is 1. The van der Waals surface area contributed by atoms with Crippen LogP contribution < -0.4 is 0 Å². The highest BCUT2D eigenvalue weighted by atomic mass is 32.1. The lowest BCUT2D eigenvalue weighted by atomic mass is 10.0. The van der Waals surface area contributed by atoms with E-state index in [0.29, 0.717) is 6.04 Å². The van der Waals surface area contributed by atoms with Gasteiger partial charge in [0.05, 0.1) is 5.56 Å². The molecule has 2 nitrogen and oxygen atoms in total. The molecule has 0 radical (unpaired) electrons. The smallest absolute Gasteiger partial charge is 0.254 e. The summed E-state index contributed by atoms with van der Waals surface area (Å²) in [5, 5.41) is 3.89. The maximum Gasteiger partial charge on any atom is 0.254 e. The van der Waals surface area contributed by atoms with Gasteiger partial charge in [-0.2, -0.15) is 11.3 Å². The Hall–Kier alpha value is -0.830. The number of hydrogen-bond donors (Lipinski definition) is 0. The minimum atomic E-state index is 0.207. The molecule has 1 aliphatic rings. The lowest BCUT2D eigenvalue weighted by Gasteiger charge is -2.33. The average molecular weight is 209 g/mol. The molecule has 0 bridgehead atoms. The molecule has 2 heterocycles. The van der Waals surface area contributed by atoms with Crippen molar-refractivity contribution < 1.29 is 4.79 Å². The van der Waals surface area contributed by atoms with Gasteiger partial charge in [-0.15, -0.1) is 0 Å². The minimum absolute atomic E-state index is 0.207. The summed E-state index contributed by atoms with van der Waals surface area (Å²) in [5.74, 6) is 0.207. The number of carbonyl (C=O) groups is 1. The summed E-state index contributed by atoms with van der Waals surface area (Å²) in [4.78, 5) is 14.0. The van der Waals surface area contributed by atoms with Crippen molar-refractivity contribution >= 4 is 17.2 Å². The molecular weight excluding hydrogens is 194 g/mol. The molecule has 0 N–H and O–H groups in total. The predicted octanol–water partition coefficient (Wildman–Crippen LogP) is 2.76. The molecule has 0 saturated carbocycles. The number of hydrogen-bond acceptors (Lipinski definition) is 2. The van der Waals surface area contributed by atoms with Crippen LogP contribution in [0.25, 0.3) is 0 Å². The Balaban J connectivity index is 2.10. The third-order valence-corrected chi connectivity index (χ3v) is 3.52. The third kappa shape index (κ3) is 1.82. The van der Waals surface area contributed by atoms with E-state index in [1.165, 1.54) is 6.42 Å². The van der Waals surface area contributed by atoms with Gasteiger partial charge in [-0.25, -0.2) is 0 Å². The molecule has 1 amide bonds. The Morgan fingerprint density at radius 1 is 1.57 bits per heavy atom. The number of piperidine rings is 1. The van der Waals surface area contributed by atoms with Gasteiger partial charge in [0.25, 0.3) is 5.91 Å². The van der Waals surface area contributed by atoms with E-state index in [4.69, 9.17) is 0 Å². The Labute approximate surface area is 88.5 Å². The van der Waals surface area contributed by atoms with E-state index >= 15 is 0 Å². The van der Waals surface area contributed by atoms with Crippen LogP contribution in [0.5, 0.6) is 0 Å². The third-order valence-electron chi connectivity index (χ3n) is 2.83. The van der Waals surface area contributed by atoms with Gasteiger partial charge in [0.1, 0.15) is 0 Å². The fourth-order valence-electron chi connectivity index (χ4n) is 1.95. The molecule has 1 aromatic heterocycles. The van der Waals surface area contributed by atoms with E-state index in [-0.39, 0.29) is 5.91 Å². The molecular formula is C11H15NOS. The Morgan fingerprint density at radius 2 is 2.43 bits per heavy atom. The summed E-state index contributed by atoms with van der Waals surface area (Å²) in [7, 11) is 0. The largest absolute Gasteiger partial charge is 0.336 e. The molecule has 1 unspecified atom stereocenters. The molecule has 76 valence electrons. The summed E-state index contributed by atoms with van der Waals surface area (Å²) in [6, 6.07) is 2.32. The molecule has 14 heavy (non-hydrogen) atoms. The predicted molar refractivity (Wildman–Crippen MR) is 58.7 cm³/mol. The zero-order valence-electron chi connectivity index (χ0n) is 8.40.